The molecule has 2 heterocycles. The average molecular weight is 229 g/mol. The lowest BCUT2D eigenvalue weighted by Gasteiger charge is -2.09. The highest BCUT2D eigenvalue weighted by atomic mass is 15.2. The molecule has 0 radical (unpaired) electrons. The second-order valence-electron chi connectivity index (χ2n) is 3.73. The van der Waals surface area contributed by atoms with Gasteiger partial charge in [0.2, 0.25) is 0 Å². The molecule has 0 aliphatic rings. The molecule has 5 nitrogen and oxygen atoms in total. The van der Waals surface area contributed by atoms with Crippen LogP contribution >= 0.6 is 0 Å². The highest BCUT2D eigenvalue weighted by Gasteiger charge is 1.98. The van der Waals surface area contributed by atoms with Crippen LogP contribution in [0.4, 0.5) is 11.5 Å². The quantitative estimate of drug-likeness (QED) is 0.549. The van der Waals surface area contributed by atoms with Gasteiger partial charge in [0, 0.05) is 36.9 Å². The molecule has 88 valence electrons. The van der Waals surface area contributed by atoms with Gasteiger partial charge in [0.15, 0.2) is 0 Å². The van der Waals surface area contributed by atoms with Crippen LogP contribution in [0, 0.1) is 6.92 Å². The van der Waals surface area contributed by atoms with Gasteiger partial charge in [-0.15, -0.1) is 0 Å². The molecule has 0 fully saturated rings. The van der Waals surface area contributed by atoms with E-state index >= 15 is 0 Å². The zero-order valence-electron chi connectivity index (χ0n) is 9.64. The van der Waals surface area contributed by atoms with E-state index in [-0.39, 0.29) is 0 Å². The second-order valence-corrected chi connectivity index (χ2v) is 3.73. The molecule has 0 amide bonds. The molecule has 2 rings (SSSR count). The summed E-state index contributed by atoms with van der Waals surface area (Å²) in [5.74, 6) is 5.94. The maximum Gasteiger partial charge on any atom is 0.141 e. The van der Waals surface area contributed by atoms with Gasteiger partial charge in [0.05, 0.1) is 0 Å². The number of pyridine rings is 2. The second kappa shape index (κ2) is 5.27. The van der Waals surface area contributed by atoms with E-state index in [0.29, 0.717) is 5.82 Å². The lowest BCUT2D eigenvalue weighted by atomic mass is 10.1. The van der Waals surface area contributed by atoms with E-state index in [1.54, 1.807) is 12.4 Å². The van der Waals surface area contributed by atoms with Crippen LogP contribution in [0.5, 0.6) is 0 Å². The molecule has 4 N–H and O–H groups in total. The van der Waals surface area contributed by atoms with Gasteiger partial charge in [-0.25, -0.2) is 10.8 Å². The number of nitrogens with two attached hydrogens (primary N) is 1. The van der Waals surface area contributed by atoms with Crippen molar-refractivity contribution in [3.8, 4) is 0 Å². The van der Waals surface area contributed by atoms with Crippen LogP contribution in [-0.4, -0.2) is 9.97 Å². The summed E-state index contributed by atoms with van der Waals surface area (Å²) in [6.45, 7) is 2.80. The molecule has 17 heavy (non-hydrogen) atoms. The van der Waals surface area contributed by atoms with E-state index < -0.39 is 0 Å². The number of nitrogens with zero attached hydrogens (tertiary/aromatic N) is 2. The van der Waals surface area contributed by atoms with Gasteiger partial charge in [-0.3, -0.25) is 4.98 Å². The summed E-state index contributed by atoms with van der Waals surface area (Å²) >= 11 is 0. The van der Waals surface area contributed by atoms with Crippen molar-refractivity contribution in [2.75, 3.05) is 10.7 Å². The van der Waals surface area contributed by atoms with Crippen LogP contribution in [0.3, 0.4) is 0 Å². The van der Waals surface area contributed by atoms with Crippen LogP contribution in [0.15, 0.2) is 36.8 Å². The lowest BCUT2D eigenvalue weighted by Crippen LogP contribution is -2.09. The standard InChI is InChI=1S/C12H15N5/c1-9-7-14-4-2-10(9)8-16-11-3-5-15-12(6-11)17-13/h2-7H,8,13H2,1H3,(H2,15,16,17). The molecule has 0 aromatic carbocycles. The molecule has 0 saturated carbocycles. The van der Waals surface area contributed by atoms with E-state index in [9.17, 15) is 0 Å². The van der Waals surface area contributed by atoms with Crippen LogP contribution in [-0.2, 0) is 6.54 Å². The summed E-state index contributed by atoms with van der Waals surface area (Å²) in [5, 5.41) is 3.31. The van der Waals surface area contributed by atoms with Gasteiger partial charge in [-0.05, 0) is 30.2 Å². The number of aromatic nitrogens is 2. The molecule has 0 unspecified atom stereocenters. The van der Waals surface area contributed by atoms with Gasteiger partial charge in [-0.2, -0.15) is 0 Å². The molecular formula is C12H15N5. The zero-order valence-corrected chi connectivity index (χ0v) is 9.64. The van der Waals surface area contributed by atoms with E-state index in [4.69, 9.17) is 5.84 Å². The van der Waals surface area contributed by atoms with Crippen LogP contribution in [0.25, 0.3) is 0 Å². The number of hydrogen-bond donors (Lipinski definition) is 3. The number of hydrogen-bond acceptors (Lipinski definition) is 5. The van der Waals surface area contributed by atoms with Gasteiger partial charge < -0.3 is 10.7 Å². The average Bonchev–Trinajstić information content (AvgIpc) is 2.38. The number of hydrazine groups is 1. The lowest BCUT2D eigenvalue weighted by molar-refractivity contribution is 1.09. The molecule has 0 spiro atoms. The number of nitrogens with one attached hydrogen (secondary N) is 2. The number of aryl methyl sites for hydroxylation is 1. The SMILES string of the molecule is Cc1cnccc1CNc1ccnc(NN)c1. The predicted molar refractivity (Wildman–Crippen MR) is 68.3 cm³/mol. The summed E-state index contributed by atoms with van der Waals surface area (Å²) in [7, 11) is 0. The first-order valence-corrected chi connectivity index (χ1v) is 5.35. The minimum Gasteiger partial charge on any atom is -0.381 e. The molecular weight excluding hydrogens is 214 g/mol. The third-order valence-corrected chi connectivity index (χ3v) is 2.53. The van der Waals surface area contributed by atoms with Crippen molar-refractivity contribution in [2.45, 2.75) is 13.5 Å². The number of anilines is 2. The Kier molecular flexibility index (Phi) is 3.52. The molecule has 2 aromatic heterocycles. The summed E-state index contributed by atoms with van der Waals surface area (Å²) < 4.78 is 0. The summed E-state index contributed by atoms with van der Waals surface area (Å²) in [5.41, 5.74) is 5.89. The van der Waals surface area contributed by atoms with Crippen molar-refractivity contribution in [1.29, 1.82) is 0 Å². The minimum absolute atomic E-state index is 0.640. The molecule has 0 bridgehead atoms. The molecule has 0 saturated heterocycles. The first kappa shape index (κ1) is 11.3. The van der Waals surface area contributed by atoms with Crippen molar-refractivity contribution in [3.63, 3.8) is 0 Å². The summed E-state index contributed by atoms with van der Waals surface area (Å²) in [4.78, 5) is 8.11. The molecule has 0 atom stereocenters. The van der Waals surface area contributed by atoms with Crippen LogP contribution < -0.4 is 16.6 Å². The minimum atomic E-state index is 0.640. The Bertz CT molecular complexity index is 498. The van der Waals surface area contributed by atoms with Crippen molar-refractivity contribution < 1.29 is 0 Å². The number of rotatable bonds is 4. The van der Waals surface area contributed by atoms with Crippen molar-refractivity contribution in [1.82, 2.24) is 9.97 Å². The first-order chi connectivity index (χ1) is 8.29. The Balaban J connectivity index is 2.05. The third kappa shape index (κ3) is 2.92. The Morgan fingerprint density at radius 3 is 2.94 bits per heavy atom. The Hall–Kier alpha value is -2.14. The van der Waals surface area contributed by atoms with Crippen molar-refractivity contribution in [3.05, 3.63) is 47.9 Å². The maximum absolute atomic E-state index is 5.30. The summed E-state index contributed by atoms with van der Waals surface area (Å²) in [6, 6.07) is 5.76. The fourth-order valence-electron chi connectivity index (χ4n) is 1.52. The topological polar surface area (TPSA) is 75.9 Å². The molecule has 5 heteroatoms. The highest BCUT2D eigenvalue weighted by Crippen LogP contribution is 2.13. The largest absolute Gasteiger partial charge is 0.381 e. The highest BCUT2D eigenvalue weighted by molar-refractivity contribution is 5.51. The van der Waals surface area contributed by atoms with Gasteiger partial charge in [0.25, 0.3) is 0 Å². The Labute approximate surface area is 100 Å². The summed E-state index contributed by atoms with van der Waals surface area (Å²) in [6.07, 6.45) is 5.36. The van der Waals surface area contributed by atoms with Crippen LogP contribution in [0.2, 0.25) is 0 Å². The van der Waals surface area contributed by atoms with E-state index in [1.165, 1.54) is 11.1 Å². The smallest absolute Gasteiger partial charge is 0.141 e. The Morgan fingerprint density at radius 2 is 2.18 bits per heavy atom. The van der Waals surface area contributed by atoms with Crippen molar-refractivity contribution in [2.24, 2.45) is 5.84 Å². The monoisotopic (exact) mass is 229 g/mol. The normalized spacial score (nSPS) is 10.0. The van der Waals surface area contributed by atoms with Gasteiger partial charge in [0.1, 0.15) is 5.82 Å². The molecule has 0 aliphatic heterocycles. The van der Waals surface area contributed by atoms with E-state index in [0.717, 1.165) is 12.2 Å². The predicted octanol–water partition coefficient (Wildman–Crippen LogP) is 1.68. The van der Waals surface area contributed by atoms with Gasteiger partial charge >= 0.3 is 0 Å². The third-order valence-electron chi connectivity index (χ3n) is 2.53. The first-order valence-electron chi connectivity index (χ1n) is 5.35. The Morgan fingerprint density at radius 1 is 1.29 bits per heavy atom. The number of nitrogen functional groups attached to an aromatic ring is 1. The maximum atomic E-state index is 5.30. The van der Waals surface area contributed by atoms with E-state index in [2.05, 4.69) is 20.7 Å². The fourth-order valence-corrected chi connectivity index (χ4v) is 1.52. The molecule has 2 aromatic rings. The van der Waals surface area contributed by atoms with E-state index in [1.807, 2.05) is 31.3 Å². The fraction of sp³-hybridized carbons (Fsp3) is 0.167. The van der Waals surface area contributed by atoms with Crippen LogP contribution in [0.1, 0.15) is 11.1 Å². The molecule has 0 aliphatic carbocycles. The van der Waals surface area contributed by atoms with Crippen molar-refractivity contribution >= 4 is 11.5 Å². The van der Waals surface area contributed by atoms with Gasteiger partial charge in [-0.1, -0.05) is 0 Å². The zero-order chi connectivity index (χ0) is 12.1.